The molecule has 0 heterocycles. The van der Waals surface area contributed by atoms with Crippen molar-refractivity contribution in [3.8, 4) is 11.8 Å². The second-order valence-corrected chi connectivity index (χ2v) is 3.64. The van der Waals surface area contributed by atoms with E-state index in [0.717, 1.165) is 0 Å². The Hall–Kier alpha value is -1.81. The summed E-state index contributed by atoms with van der Waals surface area (Å²) in [5, 5.41) is 22.4. The van der Waals surface area contributed by atoms with Crippen LogP contribution in [-0.2, 0) is 0 Å². The van der Waals surface area contributed by atoms with Crippen LogP contribution in [0.4, 0.5) is 11.4 Å². The van der Waals surface area contributed by atoms with Gasteiger partial charge in [0.2, 0.25) is 5.75 Å². The second-order valence-electron chi connectivity index (χ2n) is 2.78. The van der Waals surface area contributed by atoms with Crippen molar-refractivity contribution < 1.29 is 9.66 Å². The number of nitro groups is 1. The van der Waals surface area contributed by atoms with E-state index in [1.165, 1.54) is 20.2 Å². The van der Waals surface area contributed by atoms with E-state index in [0.29, 0.717) is 4.47 Å². The molecule has 0 spiro atoms. The molecule has 0 saturated heterocycles. The predicted octanol–water partition coefficient (Wildman–Crippen LogP) is 2.28. The molecular weight excluding hydrogens is 278 g/mol. The number of rotatable bonds is 3. The van der Waals surface area contributed by atoms with Crippen molar-refractivity contribution >= 4 is 27.3 Å². The van der Waals surface area contributed by atoms with E-state index in [-0.39, 0.29) is 22.7 Å². The summed E-state index contributed by atoms with van der Waals surface area (Å²) in [4.78, 5) is 10.3. The van der Waals surface area contributed by atoms with Gasteiger partial charge in [-0.25, -0.2) is 0 Å². The SMILES string of the molecule is CNc1c(C#N)cc(Br)c(OC)c1[N+](=O)[O-]. The molecule has 0 saturated carbocycles. The highest BCUT2D eigenvalue weighted by molar-refractivity contribution is 9.10. The van der Waals surface area contributed by atoms with E-state index < -0.39 is 4.92 Å². The molecular formula is C9H8BrN3O3. The number of anilines is 1. The summed E-state index contributed by atoms with van der Waals surface area (Å²) in [5.74, 6) is 0.0911. The van der Waals surface area contributed by atoms with Crippen molar-refractivity contribution in [1.82, 2.24) is 0 Å². The Bertz CT molecular complexity index is 482. The van der Waals surface area contributed by atoms with Crippen molar-refractivity contribution in [1.29, 1.82) is 5.26 Å². The minimum Gasteiger partial charge on any atom is -0.489 e. The summed E-state index contributed by atoms with van der Waals surface area (Å²) >= 11 is 3.12. The van der Waals surface area contributed by atoms with Crippen molar-refractivity contribution in [3.63, 3.8) is 0 Å². The van der Waals surface area contributed by atoms with Crippen LogP contribution < -0.4 is 10.1 Å². The summed E-state index contributed by atoms with van der Waals surface area (Å²) in [6.07, 6.45) is 0. The van der Waals surface area contributed by atoms with Gasteiger partial charge in [0.15, 0.2) is 0 Å². The predicted molar refractivity (Wildman–Crippen MR) is 61.6 cm³/mol. The van der Waals surface area contributed by atoms with Gasteiger partial charge in [-0.3, -0.25) is 10.1 Å². The monoisotopic (exact) mass is 285 g/mol. The van der Waals surface area contributed by atoms with E-state index in [2.05, 4.69) is 21.2 Å². The maximum atomic E-state index is 10.9. The third kappa shape index (κ3) is 1.92. The van der Waals surface area contributed by atoms with Gasteiger partial charge in [-0.1, -0.05) is 0 Å². The van der Waals surface area contributed by atoms with Crippen LogP contribution in [0, 0.1) is 21.4 Å². The van der Waals surface area contributed by atoms with Crippen molar-refractivity contribution in [2.45, 2.75) is 0 Å². The summed E-state index contributed by atoms with van der Waals surface area (Å²) in [6.45, 7) is 0. The maximum absolute atomic E-state index is 10.9. The molecule has 0 fully saturated rings. The van der Waals surface area contributed by atoms with Gasteiger partial charge in [0.25, 0.3) is 0 Å². The number of nitriles is 1. The first-order valence-corrected chi connectivity index (χ1v) is 4.98. The molecule has 1 N–H and O–H groups in total. The second kappa shape index (κ2) is 4.81. The zero-order valence-electron chi connectivity index (χ0n) is 8.57. The Morgan fingerprint density at radius 3 is 2.69 bits per heavy atom. The molecule has 0 aliphatic rings. The van der Waals surface area contributed by atoms with Crippen LogP contribution in [0.25, 0.3) is 0 Å². The number of ether oxygens (including phenoxy) is 1. The van der Waals surface area contributed by atoms with Gasteiger partial charge < -0.3 is 10.1 Å². The normalized spacial score (nSPS) is 9.38. The van der Waals surface area contributed by atoms with Gasteiger partial charge in [-0.15, -0.1) is 0 Å². The van der Waals surface area contributed by atoms with Gasteiger partial charge in [0.1, 0.15) is 11.8 Å². The molecule has 1 rings (SSSR count). The lowest BCUT2D eigenvalue weighted by molar-refractivity contribution is -0.384. The fraction of sp³-hybridized carbons (Fsp3) is 0.222. The molecule has 0 bridgehead atoms. The molecule has 0 radical (unpaired) electrons. The Kier molecular flexibility index (Phi) is 3.68. The lowest BCUT2D eigenvalue weighted by Crippen LogP contribution is -2.02. The van der Waals surface area contributed by atoms with Crippen LogP contribution in [0.3, 0.4) is 0 Å². The highest BCUT2D eigenvalue weighted by Crippen LogP contribution is 2.42. The van der Waals surface area contributed by atoms with Crippen LogP contribution in [0.2, 0.25) is 0 Å². The highest BCUT2D eigenvalue weighted by Gasteiger charge is 2.26. The summed E-state index contributed by atoms with van der Waals surface area (Å²) in [7, 11) is 2.84. The first kappa shape index (κ1) is 12.3. The van der Waals surface area contributed by atoms with E-state index in [9.17, 15) is 10.1 Å². The minimum absolute atomic E-state index is 0.0911. The van der Waals surface area contributed by atoms with E-state index in [4.69, 9.17) is 10.00 Å². The lowest BCUT2D eigenvalue weighted by atomic mass is 10.1. The van der Waals surface area contributed by atoms with E-state index >= 15 is 0 Å². The third-order valence-electron chi connectivity index (χ3n) is 1.97. The third-order valence-corrected chi connectivity index (χ3v) is 2.56. The number of benzene rings is 1. The standard InChI is InChI=1S/C9H8BrN3O3/c1-12-7-5(4-11)3-6(10)9(16-2)8(7)13(14)15/h3,12H,1-2H3. The van der Waals surface area contributed by atoms with Crippen molar-refractivity contribution in [2.75, 3.05) is 19.5 Å². The molecule has 0 amide bonds. The number of nitrogens with one attached hydrogen (secondary N) is 1. The molecule has 16 heavy (non-hydrogen) atoms. The van der Waals surface area contributed by atoms with Crippen molar-refractivity contribution in [2.24, 2.45) is 0 Å². The topological polar surface area (TPSA) is 88.2 Å². The largest absolute Gasteiger partial charge is 0.489 e. The molecule has 84 valence electrons. The average molecular weight is 286 g/mol. The smallest absolute Gasteiger partial charge is 0.336 e. The Morgan fingerprint density at radius 2 is 2.31 bits per heavy atom. The zero-order valence-corrected chi connectivity index (χ0v) is 10.2. The molecule has 1 aromatic carbocycles. The van der Waals surface area contributed by atoms with E-state index in [1.807, 2.05) is 6.07 Å². The fourth-order valence-electron chi connectivity index (χ4n) is 1.33. The maximum Gasteiger partial charge on any atom is 0.336 e. The molecule has 0 aromatic heterocycles. The van der Waals surface area contributed by atoms with Gasteiger partial charge in [-0.2, -0.15) is 5.26 Å². The molecule has 0 unspecified atom stereocenters. The van der Waals surface area contributed by atoms with Crippen LogP contribution >= 0.6 is 15.9 Å². The van der Waals surface area contributed by atoms with Crippen LogP contribution in [0.1, 0.15) is 5.56 Å². The van der Waals surface area contributed by atoms with Crippen LogP contribution in [0.15, 0.2) is 10.5 Å². The Labute approximate surface area is 100 Å². The number of nitrogens with zero attached hydrogens (tertiary/aromatic N) is 2. The lowest BCUT2D eigenvalue weighted by Gasteiger charge is -2.09. The zero-order chi connectivity index (χ0) is 12.3. The average Bonchev–Trinajstić information content (AvgIpc) is 2.27. The Balaban J connectivity index is 3.68. The van der Waals surface area contributed by atoms with Crippen LogP contribution in [0.5, 0.6) is 5.75 Å². The first-order chi connectivity index (χ1) is 7.56. The van der Waals surface area contributed by atoms with Crippen LogP contribution in [-0.4, -0.2) is 19.1 Å². The molecule has 0 atom stereocenters. The number of hydrogen-bond donors (Lipinski definition) is 1. The minimum atomic E-state index is -0.587. The first-order valence-electron chi connectivity index (χ1n) is 4.19. The number of hydrogen-bond acceptors (Lipinski definition) is 5. The number of nitro benzene ring substituents is 1. The molecule has 1 aromatic rings. The summed E-state index contributed by atoms with van der Waals surface area (Å²) in [6, 6.07) is 3.35. The number of halogens is 1. The quantitative estimate of drug-likeness (QED) is 0.680. The van der Waals surface area contributed by atoms with Gasteiger partial charge >= 0.3 is 5.69 Å². The fourth-order valence-corrected chi connectivity index (χ4v) is 1.91. The molecule has 6 nitrogen and oxygen atoms in total. The summed E-state index contributed by atoms with van der Waals surface area (Å²) in [5.41, 5.74) is 0.0744. The molecule has 0 aliphatic carbocycles. The van der Waals surface area contributed by atoms with Crippen molar-refractivity contribution in [3.05, 3.63) is 26.2 Å². The van der Waals surface area contributed by atoms with E-state index in [1.54, 1.807) is 0 Å². The molecule has 0 aliphatic heterocycles. The van der Waals surface area contributed by atoms with Gasteiger partial charge in [0, 0.05) is 7.05 Å². The van der Waals surface area contributed by atoms with Gasteiger partial charge in [0.05, 0.1) is 22.1 Å². The highest BCUT2D eigenvalue weighted by atomic mass is 79.9. The molecule has 7 heteroatoms. The number of methoxy groups -OCH3 is 1. The Morgan fingerprint density at radius 1 is 1.69 bits per heavy atom. The van der Waals surface area contributed by atoms with Gasteiger partial charge in [-0.05, 0) is 22.0 Å². The summed E-state index contributed by atoms with van der Waals surface area (Å²) < 4.78 is 5.31.